The number of piperazine rings is 1. The standard InChI is InChI=1S/C10H20N3O/c1-8(7-13(2)3)10(14)9-6-11-4-5-12-9/h8-9,11H,4-7H2,1-3H3. The van der Waals surface area contributed by atoms with Gasteiger partial charge in [-0.3, -0.25) is 4.79 Å². The van der Waals surface area contributed by atoms with Crippen LogP contribution in [0.3, 0.4) is 0 Å². The number of carbonyl (C=O) groups excluding carboxylic acids is 1. The molecule has 4 nitrogen and oxygen atoms in total. The topological polar surface area (TPSA) is 46.4 Å². The average Bonchev–Trinajstić information content (AvgIpc) is 2.17. The average molecular weight is 198 g/mol. The molecule has 2 atom stereocenters. The van der Waals surface area contributed by atoms with Crippen molar-refractivity contribution in [2.24, 2.45) is 5.92 Å². The quantitative estimate of drug-likeness (QED) is 0.651. The summed E-state index contributed by atoms with van der Waals surface area (Å²) in [4.78, 5) is 13.9. The van der Waals surface area contributed by atoms with E-state index in [1.165, 1.54) is 0 Å². The van der Waals surface area contributed by atoms with Crippen molar-refractivity contribution in [1.29, 1.82) is 0 Å². The highest BCUT2D eigenvalue weighted by molar-refractivity contribution is 5.86. The molecule has 0 aliphatic carbocycles. The van der Waals surface area contributed by atoms with Gasteiger partial charge in [-0.15, -0.1) is 0 Å². The van der Waals surface area contributed by atoms with Crippen molar-refractivity contribution in [2.75, 3.05) is 40.3 Å². The van der Waals surface area contributed by atoms with Gasteiger partial charge in [-0.25, -0.2) is 5.32 Å². The zero-order valence-corrected chi connectivity index (χ0v) is 9.29. The summed E-state index contributed by atoms with van der Waals surface area (Å²) in [6, 6.07) is -0.112. The molecular formula is C10H20N3O. The van der Waals surface area contributed by atoms with E-state index in [1.807, 2.05) is 25.9 Å². The second kappa shape index (κ2) is 5.44. The largest absolute Gasteiger partial charge is 0.313 e. The van der Waals surface area contributed by atoms with Crippen molar-refractivity contribution in [3.8, 4) is 0 Å². The number of carbonyl (C=O) groups is 1. The van der Waals surface area contributed by atoms with Gasteiger partial charge in [0.05, 0.1) is 6.04 Å². The van der Waals surface area contributed by atoms with Crippen LogP contribution in [0.2, 0.25) is 0 Å². The van der Waals surface area contributed by atoms with E-state index >= 15 is 0 Å². The molecule has 0 aromatic heterocycles. The zero-order valence-electron chi connectivity index (χ0n) is 9.29. The summed E-state index contributed by atoms with van der Waals surface area (Å²) in [7, 11) is 3.97. The van der Waals surface area contributed by atoms with Crippen molar-refractivity contribution < 1.29 is 4.79 Å². The third-order valence-corrected chi connectivity index (χ3v) is 2.43. The van der Waals surface area contributed by atoms with E-state index in [1.54, 1.807) is 0 Å². The van der Waals surface area contributed by atoms with Gasteiger partial charge in [-0.05, 0) is 14.1 Å². The first-order valence-electron chi connectivity index (χ1n) is 5.17. The third kappa shape index (κ3) is 3.36. The van der Waals surface area contributed by atoms with Gasteiger partial charge < -0.3 is 10.2 Å². The lowest BCUT2D eigenvalue weighted by molar-refractivity contribution is -0.125. The summed E-state index contributed by atoms with van der Waals surface area (Å²) in [5, 5.41) is 7.52. The molecule has 1 heterocycles. The molecule has 0 aromatic rings. The minimum atomic E-state index is -0.112. The molecule has 1 aliphatic rings. The first-order chi connectivity index (χ1) is 6.61. The molecule has 4 heteroatoms. The van der Waals surface area contributed by atoms with Crippen molar-refractivity contribution in [2.45, 2.75) is 13.0 Å². The first-order valence-corrected chi connectivity index (χ1v) is 5.17. The van der Waals surface area contributed by atoms with Crippen LogP contribution in [0.1, 0.15) is 6.92 Å². The van der Waals surface area contributed by atoms with Crippen molar-refractivity contribution in [3.05, 3.63) is 0 Å². The molecule has 2 unspecified atom stereocenters. The Hall–Kier alpha value is -0.450. The van der Waals surface area contributed by atoms with E-state index in [-0.39, 0.29) is 17.7 Å². The smallest absolute Gasteiger partial charge is 0.156 e. The minimum Gasteiger partial charge on any atom is -0.313 e. The van der Waals surface area contributed by atoms with E-state index in [2.05, 4.69) is 10.6 Å². The predicted octanol–water partition coefficient (Wildman–Crippen LogP) is -0.671. The number of hydrogen-bond acceptors (Lipinski definition) is 3. The summed E-state index contributed by atoms with van der Waals surface area (Å²) >= 11 is 0. The molecule has 0 spiro atoms. The second-order valence-corrected chi connectivity index (χ2v) is 4.19. The Balaban J connectivity index is 2.38. The maximum absolute atomic E-state index is 11.9. The molecule has 81 valence electrons. The van der Waals surface area contributed by atoms with Crippen molar-refractivity contribution in [1.82, 2.24) is 15.5 Å². The van der Waals surface area contributed by atoms with E-state index in [0.717, 1.165) is 26.2 Å². The van der Waals surface area contributed by atoms with Crippen LogP contribution in [-0.4, -0.2) is 57.0 Å². The Bertz CT molecular complexity index is 188. The zero-order chi connectivity index (χ0) is 10.6. The van der Waals surface area contributed by atoms with Gasteiger partial charge in [-0.2, -0.15) is 0 Å². The molecule has 1 fully saturated rings. The highest BCUT2D eigenvalue weighted by Gasteiger charge is 2.26. The predicted molar refractivity (Wildman–Crippen MR) is 56.4 cm³/mol. The fraction of sp³-hybridized carbons (Fsp3) is 0.900. The molecule has 1 rings (SSSR count). The molecule has 0 aromatic carbocycles. The molecular weight excluding hydrogens is 178 g/mol. The number of rotatable bonds is 4. The molecule has 1 N–H and O–H groups in total. The second-order valence-electron chi connectivity index (χ2n) is 4.19. The van der Waals surface area contributed by atoms with Gasteiger partial charge in [-0.1, -0.05) is 6.92 Å². The van der Waals surface area contributed by atoms with Crippen LogP contribution in [0.5, 0.6) is 0 Å². The summed E-state index contributed by atoms with van der Waals surface area (Å²) in [6.45, 7) is 5.19. The monoisotopic (exact) mass is 198 g/mol. The van der Waals surface area contributed by atoms with Crippen LogP contribution in [-0.2, 0) is 4.79 Å². The summed E-state index contributed by atoms with van der Waals surface area (Å²) in [6.07, 6.45) is 0. The van der Waals surface area contributed by atoms with E-state index in [4.69, 9.17) is 0 Å². The number of ketones is 1. The molecule has 0 saturated carbocycles. The summed E-state index contributed by atoms with van der Waals surface area (Å²) in [5.41, 5.74) is 0. The van der Waals surface area contributed by atoms with E-state index < -0.39 is 0 Å². The van der Waals surface area contributed by atoms with Crippen LogP contribution in [0.15, 0.2) is 0 Å². The summed E-state index contributed by atoms with van der Waals surface area (Å²) < 4.78 is 0. The molecule has 0 bridgehead atoms. The van der Waals surface area contributed by atoms with Crippen LogP contribution >= 0.6 is 0 Å². The van der Waals surface area contributed by atoms with Crippen LogP contribution in [0.25, 0.3) is 0 Å². The SMILES string of the molecule is CC(CN(C)C)C(=O)C1CNCC[N]1. The molecule has 0 amide bonds. The first kappa shape index (κ1) is 11.6. The van der Waals surface area contributed by atoms with Crippen molar-refractivity contribution >= 4 is 5.78 Å². The Morgan fingerprint density at radius 2 is 2.36 bits per heavy atom. The molecule has 1 saturated heterocycles. The Labute approximate surface area is 86.0 Å². The van der Waals surface area contributed by atoms with Gasteiger partial charge in [0.15, 0.2) is 5.78 Å². The van der Waals surface area contributed by atoms with Crippen LogP contribution in [0.4, 0.5) is 0 Å². The summed E-state index contributed by atoms with van der Waals surface area (Å²) in [5.74, 6) is 0.351. The lowest BCUT2D eigenvalue weighted by Crippen LogP contribution is -2.50. The minimum absolute atomic E-state index is 0.0821. The molecule has 1 aliphatic heterocycles. The maximum Gasteiger partial charge on any atom is 0.156 e. The fourth-order valence-electron chi connectivity index (χ4n) is 1.76. The number of Topliss-reactive ketones (excluding diaryl/α,β-unsaturated/α-hetero) is 1. The van der Waals surface area contributed by atoms with Crippen LogP contribution < -0.4 is 10.6 Å². The van der Waals surface area contributed by atoms with Gasteiger partial charge in [0.2, 0.25) is 0 Å². The lowest BCUT2D eigenvalue weighted by Gasteiger charge is -2.25. The highest BCUT2D eigenvalue weighted by atomic mass is 16.1. The normalized spacial score (nSPS) is 25.0. The lowest BCUT2D eigenvalue weighted by atomic mass is 9.98. The maximum atomic E-state index is 11.9. The number of nitrogens with one attached hydrogen (secondary N) is 1. The number of hydrogen-bond donors (Lipinski definition) is 1. The number of nitrogens with zero attached hydrogens (tertiary/aromatic N) is 2. The van der Waals surface area contributed by atoms with Gasteiger partial charge in [0, 0.05) is 32.1 Å². The van der Waals surface area contributed by atoms with Gasteiger partial charge in [0.25, 0.3) is 0 Å². The van der Waals surface area contributed by atoms with E-state index in [9.17, 15) is 4.79 Å². The van der Waals surface area contributed by atoms with Crippen molar-refractivity contribution in [3.63, 3.8) is 0 Å². The van der Waals surface area contributed by atoms with Gasteiger partial charge in [0.1, 0.15) is 0 Å². The molecule has 1 radical (unpaired) electrons. The van der Waals surface area contributed by atoms with Crippen LogP contribution in [0, 0.1) is 5.92 Å². The fourth-order valence-corrected chi connectivity index (χ4v) is 1.76. The third-order valence-electron chi connectivity index (χ3n) is 2.43. The Morgan fingerprint density at radius 1 is 1.64 bits per heavy atom. The Kier molecular flexibility index (Phi) is 4.51. The molecule has 14 heavy (non-hydrogen) atoms. The highest BCUT2D eigenvalue weighted by Crippen LogP contribution is 2.04. The van der Waals surface area contributed by atoms with Gasteiger partial charge >= 0.3 is 0 Å². The van der Waals surface area contributed by atoms with E-state index in [0.29, 0.717) is 0 Å². The Morgan fingerprint density at radius 3 is 2.86 bits per heavy atom.